The van der Waals surface area contributed by atoms with Crippen LogP contribution in [0.3, 0.4) is 0 Å². The number of aromatic carboxylic acids is 1. The minimum absolute atomic E-state index is 0.449. The van der Waals surface area contributed by atoms with Crippen molar-refractivity contribution in [3.05, 3.63) is 22.5 Å². The van der Waals surface area contributed by atoms with Gasteiger partial charge in [0.05, 0.1) is 10.5 Å². The van der Waals surface area contributed by atoms with E-state index in [0.717, 1.165) is 0 Å². The van der Waals surface area contributed by atoms with Gasteiger partial charge in [-0.15, -0.1) is 0 Å². The van der Waals surface area contributed by atoms with Gasteiger partial charge >= 0.3 is 12.1 Å². The summed E-state index contributed by atoms with van der Waals surface area (Å²) < 4.78 is 89.2. The standard InChI is InChI=1S/C13H14F5NO4S/c1-5(2)4-6-7(12(20)21)10(13(16,17)18)19-8(11(14)15)9(6)24(3,22)23/h5,11H,4H2,1-3H3,(H,20,21). The molecule has 0 spiro atoms. The highest BCUT2D eigenvalue weighted by Gasteiger charge is 2.43. The van der Waals surface area contributed by atoms with Crippen molar-refractivity contribution in [1.29, 1.82) is 0 Å². The number of pyridine rings is 1. The molecule has 0 aliphatic rings. The lowest BCUT2D eigenvalue weighted by Crippen LogP contribution is -2.24. The van der Waals surface area contributed by atoms with Crippen molar-refractivity contribution in [3.8, 4) is 0 Å². The van der Waals surface area contributed by atoms with Crippen LogP contribution in [0.1, 0.15) is 47.6 Å². The molecule has 1 aromatic rings. The lowest BCUT2D eigenvalue weighted by Gasteiger charge is -2.20. The quantitative estimate of drug-likeness (QED) is 0.798. The summed E-state index contributed by atoms with van der Waals surface area (Å²) in [5.74, 6) is -2.58. The van der Waals surface area contributed by atoms with Crippen LogP contribution in [0, 0.1) is 5.92 Å². The normalized spacial score (nSPS) is 12.9. The van der Waals surface area contributed by atoms with Gasteiger partial charge in [0.25, 0.3) is 6.43 Å². The fraction of sp³-hybridized carbons (Fsp3) is 0.538. The minimum atomic E-state index is -5.33. The average Bonchev–Trinajstić information content (AvgIpc) is 2.33. The Kier molecular flexibility index (Phi) is 5.58. The highest BCUT2D eigenvalue weighted by molar-refractivity contribution is 7.90. The second-order valence-electron chi connectivity index (χ2n) is 5.50. The van der Waals surface area contributed by atoms with E-state index < -0.39 is 68.2 Å². The number of carboxylic acids is 1. The summed E-state index contributed by atoms with van der Waals surface area (Å²) in [5.41, 5.74) is -5.85. The number of nitrogens with zero attached hydrogens (tertiary/aromatic N) is 1. The molecule has 0 saturated carbocycles. The van der Waals surface area contributed by atoms with Crippen LogP contribution in [0.5, 0.6) is 0 Å². The first kappa shape index (κ1) is 20.3. The van der Waals surface area contributed by atoms with Gasteiger partial charge in [0.15, 0.2) is 15.5 Å². The number of carboxylic acid groups (broad SMARTS) is 1. The van der Waals surface area contributed by atoms with Crippen LogP contribution in [0.25, 0.3) is 0 Å². The number of hydrogen-bond donors (Lipinski definition) is 1. The molecular formula is C13H14F5NO4S. The Balaban J connectivity index is 4.15. The maximum absolute atomic E-state index is 13.1. The molecule has 0 unspecified atom stereocenters. The smallest absolute Gasteiger partial charge is 0.434 e. The molecule has 0 bridgehead atoms. The van der Waals surface area contributed by atoms with Crippen molar-refractivity contribution >= 4 is 15.8 Å². The van der Waals surface area contributed by atoms with E-state index in [1.807, 2.05) is 0 Å². The largest absolute Gasteiger partial charge is 0.478 e. The van der Waals surface area contributed by atoms with Crippen molar-refractivity contribution in [2.45, 2.75) is 37.8 Å². The van der Waals surface area contributed by atoms with Gasteiger partial charge in [-0.3, -0.25) is 0 Å². The van der Waals surface area contributed by atoms with Crippen LogP contribution in [-0.2, 0) is 22.4 Å². The number of hydrogen-bond acceptors (Lipinski definition) is 4. The summed E-state index contributed by atoms with van der Waals surface area (Å²) in [4.78, 5) is 12.8. The van der Waals surface area contributed by atoms with Crippen LogP contribution in [0.4, 0.5) is 22.0 Å². The van der Waals surface area contributed by atoms with Crippen molar-refractivity contribution in [2.24, 2.45) is 5.92 Å². The highest BCUT2D eigenvalue weighted by atomic mass is 32.2. The molecule has 1 rings (SSSR count). The summed E-state index contributed by atoms with van der Waals surface area (Å²) in [6.45, 7) is 2.96. The number of halogens is 5. The summed E-state index contributed by atoms with van der Waals surface area (Å²) in [7, 11) is -4.45. The van der Waals surface area contributed by atoms with Crippen LogP contribution in [0.2, 0.25) is 0 Å². The van der Waals surface area contributed by atoms with Gasteiger partial charge in [0.1, 0.15) is 5.69 Å². The average molecular weight is 375 g/mol. The molecule has 136 valence electrons. The van der Waals surface area contributed by atoms with Gasteiger partial charge in [-0.2, -0.15) is 13.2 Å². The maximum atomic E-state index is 13.1. The number of sulfone groups is 1. The molecule has 0 aliphatic carbocycles. The Hall–Kier alpha value is -1.78. The molecule has 1 heterocycles. The Labute approximate surface area is 134 Å². The van der Waals surface area contributed by atoms with E-state index in [2.05, 4.69) is 4.98 Å². The summed E-state index contributed by atoms with van der Waals surface area (Å²) in [5, 5.41) is 9.12. The lowest BCUT2D eigenvalue weighted by atomic mass is 9.96. The molecule has 5 nitrogen and oxygen atoms in total. The van der Waals surface area contributed by atoms with Crippen LogP contribution in [0.15, 0.2) is 4.90 Å². The van der Waals surface area contributed by atoms with Crippen LogP contribution in [-0.4, -0.2) is 30.7 Å². The van der Waals surface area contributed by atoms with Gasteiger partial charge in [0.2, 0.25) is 0 Å². The van der Waals surface area contributed by atoms with E-state index in [0.29, 0.717) is 6.26 Å². The van der Waals surface area contributed by atoms with Gasteiger partial charge < -0.3 is 5.11 Å². The summed E-state index contributed by atoms with van der Waals surface area (Å²) in [6, 6.07) is 0. The monoisotopic (exact) mass is 375 g/mol. The zero-order chi connectivity index (χ0) is 19.0. The third-order valence-electron chi connectivity index (χ3n) is 2.95. The molecular weight excluding hydrogens is 361 g/mol. The Morgan fingerprint density at radius 3 is 2.04 bits per heavy atom. The molecule has 0 aromatic carbocycles. The first-order chi connectivity index (χ1) is 10.7. The maximum Gasteiger partial charge on any atom is 0.434 e. The second-order valence-corrected chi connectivity index (χ2v) is 7.45. The second kappa shape index (κ2) is 6.61. The Morgan fingerprint density at radius 1 is 1.25 bits per heavy atom. The Morgan fingerprint density at radius 2 is 1.75 bits per heavy atom. The number of carbonyl (C=O) groups is 1. The van der Waals surface area contributed by atoms with Crippen molar-refractivity contribution < 1.29 is 40.3 Å². The SMILES string of the molecule is CC(C)Cc1c(C(=O)O)c(C(F)(F)F)nc(C(F)F)c1S(C)(=O)=O. The number of rotatable bonds is 5. The topological polar surface area (TPSA) is 84.3 Å². The predicted octanol–water partition coefficient (Wildman–Crippen LogP) is 3.34. The molecule has 11 heteroatoms. The van der Waals surface area contributed by atoms with E-state index in [4.69, 9.17) is 5.11 Å². The fourth-order valence-electron chi connectivity index (χ4n) is 2.24. The molecule has 0 aliphatic heterocycles. The fourth-order valence-corrected chi connectivity index (χ4v) is 3.39. The van der Waals surface area contributed by atoms with E-state index >= 15 is 0 Å². The van der Waals surface area contributed by atoms with Gasteiger partial charge in [-0.1, -0.05) is 13.8 Å². The molecule has 1 aromatic heterocycles. The first-order valence-corrected chi connectivity index (χ1v) is 8.42. The number of aromatic nitrogens is 1. The van der Waals surface area contributed by atoms with Gasteiger partial charge in [-0.05, 0) is 17.9 Å². The van der Waals surface area contributed by atoms with E-state index in [1.165, 1.54) is 13.8 Å². The van der Waals surface area contributed by atoms with Crippen molar-refractivity contribution in [3.63, 3.8) is 0 Å². The molecule has 0 amide bonds. The molecule has 0 fully saturated rings. The molecule has 0 atom stereocenters. The van der Waals surface area contributed by atoms with E-state index in [1.54, 1.807) is 0 Å². The Bertz CT molecular complexity index is 757. The minimum Gasteiger partial charge on any atom is -0.478 e. The van der Waals surface area contributed by atoms with E-state index in [9.17, 15) is 35.2 Å². The predicted molar refractivity (Wildman–Crippen MR) is 72.8 cm³/mol. The van der Waals surface area contributed by atoms with Crippen LogP contribution >= 0.6 is 0 Å². The summed E-state index contributed by atoms with van der Waals surface area (Å²) >= 11 is 0. The van der Waals surface area contributed by atoms with Gasteiger partial charge in [0, 0.05) is 6.26 Å². The van der Waals surface area contributed by atoms with Crippen LogP contribution < -0.4 is 0 Å². The zero-order valence-electron chi connectivity index (χ0n) is 12.8. The van der Waals surface area contributed by atoms with E-state index in [-0.39, 0.29) is 0 Å². The summed E-state index contributed by atoms with van der Waals surface area (Å²) in [6.07, 6.45) is -8.89. The number of alkyl halides is 5. The van der Waals surface area contributed by atoms with Crippen molar-refractivity contribution in [1.82, 2.24) is 4.98 Å². The van der Waals surface area contributed by atoms with Crippen molar-refractivity contribution in [2.75, 3.05) is 6.26 Å². The van der Waals surface area contributed by atoms with Gasteiger partial charge in [-0.25, -0.2) is 27.0 Å². The zero-order valence-corrected chi connectivity index (χ0v) is 13.6. The lowest BCUT2D eigenvalue weighted by molar-refractivity contribution is -0.142. The highest BCUT2D eigenvalue weighted by Crippen LogP contribution is 2.39. The third kappa shape index (κ3) is 4.19. The first-order valence-electron chi connectivity index (χ1n) is 6.53. The molecule has 1 N–H and O–H groups in total. The molecule has 24 heavy (non-hydrogen) atoms. The molecule has 0 saturated heterocycles. The third-order valence-corrected chi connectivity index (χ3v) is 4.15. The molecule has 0 radical (unpaired) electrons.